The van der Waals surface area contributed by atoms with Crippen LogP contribution in [0.2, 0.25) is 0 Å². The molecule has 0 aliphatic heterocycles. The highest BCUT2D eigenvalue weighted by Crippen LogP contribution is 2.29. The van der Waals surface area contributed by atoms with E-state index >= 15 is 0 Å². The van der Waals surface area contributed by atoms with Crippen LogP contribution in [-0.2, 0) is 6.18 Å². The van der Waals surface area contributed by atoms with Crippen molar-refractivity contribution < 1.29 is 17.6 Å². The Kier molecular flexibility index (Phi) is 3.79. The second-order valence-electron chi connectivity index (χ2n) is 4.31. The summed E-state index contributed by atoms with van der Waals surface area (Å²) in [6.45, 7) is 1.76. The zero-order valence-corrected chi connectivity index (χ0v) is 10.6. The van der Waals surface area contributed by atoms with Crippen molar-refractivity contribution in [3.63, 3.8) is 0 Å². The fourth-order valence-corrected chi connectivity index (χ4v) is 1.67. The second-order valence-corrected chi connectivity index (χ2v) is 4.31. The van der Waals surface area contributed by atoms with Crippen LogP contribution < -0.4 is 5.63 Å². The Morgan fingerprint density at radius 3 is 2.25 bits per heavy atom. The maximum atomic E-state index is 12.4. The van der Waals surface area contributed by atoms with Gasteiger partial charge in [0, 0.05) is 6.07 Å². The van der Waals surface area contributed by atoms with E-state index in [0.29, 0.717) is 11.3 Å². The molecule has 1 heterocycles. The standard InChI is InChI=1S/C15H11F3O2/c1-10-8-13(20-14(19)9-10)7-4-11-2-5-12(6-3-11)15(16,17)18/h2-9H,1H3/b7-4+. The second kappa shape index (κ2) is 5.36. The minimum atomic E-state index is -4.34. The molecule has 0 aliphatic rings. The molecule has 2 nitrogen and oxygen atoms in total. The molecule has 5 heteroatoms. The molecule has 0 radical (unpaired) electrons. The van der Waals surface area contributed by atoms with E-state index in [4.69, 9.17) is 4.42 Å². The SMILES string of the molecule is Cc1cc(/C=C/c2ccc(C(F)(F)F)cc2)oc(=O)c1. The molecule has 2 rings (SSSR count). The van der Waals surface area contributed by atoms with Gasteiger partial charge >= 0.3 is 11.8 Å². The van der Waals surface area contributed by atoms with E-state index in [1.54, 1.807) is 19.1 Å². The van der Waals surface area contributed by atoms with Crippen LogP contribution >= 0.6 is 0 Å². The average Bonchev–Trinajstić information content (AvgIpc) is 2.35. The van der Waals surface area contributed by atoms with Crippen LogP contribution in [0.3, 0.4) is 0 Å². The Bertz CT molecular complexity index is 680. The van der Waals surface area contributed by atoms with Crippen molar-refractivity contribution in [2.45, 2.75) is 13.1 Å². The molecule has 20 heavy (non-hydrogen) atoms. The zero-order chi connectivity index (χ0) is 14.8. The molecule has 0 aliphatic carbocycles. The lowest BCUT2D eigenvalue weighted by molar-refractivity contribution is -0.137. The highest BCUT2D eigenvalue weighted by molar-refractivity contribution is 5.67. The van der Waals surface area contributed by atoms with Gasteiger partial charge in [0.05, 0.1) is 5.56 Å². The van der Waals surface area contributed by atoms with E-state index in [-0.39, 0.29) is 0 Å². The fraction of sp³-hybridized carbons (Fsp3) is 0.133. The number of hydrogen-bond acceptors (Lipinski definition) is 2. The van der Waals surface area contributed by atoms with Crippen LogP contribution in [0.4, 0.5) is 13.2 Å². The molecule has 1 aromatic carbocycles. The zero-order valence-electron chi connectivity index (χ0n) is 10.6. The minimum Gasteiger partial charge on any atom is -0.423 e. The Morgan fingerprint density at radius 2 is 1.70 bits per heavy atom. The van der Waals surface area contributed by atoms with Gasteiger partial charge in [0.25, 0.3) is 0 Å². The van der Waals surface area contributed by atoms with Gasteiger partial charge in [0.15, 0.2) is 0 Å². The van der Waals surface area contributed by atoms with Crippen LogP contribution in [0, 0.1) is 6.92 Å². The number of hydrogen-bond donors (Lipinski definition) is 0. The summed E-state index contributed by atoms with van der Waals surface area (Å²) in [5.41, 5.74) is 0.185. The number of aryl methyl sites for hydroxylation is 1. The lowest BCUT2D eigenvalue weighted by atomic mass is 10.1. The number of benzene rings is 1. The molecule has 0 spiro atoms. The van der Waals surface area contributed by atoms with Crippen molar-refractivity contribution in [1.82, 2.24) is 0 Å². The lowest BCUT2D eigenvalue weighted by Gasteiger charge is -2.05. The van der Waals surface area contributed by atoms with E-state index < -0.39 is 17.4 Å². The largest absolute Gasteiger partial charge is 0.423 e. The molecule has 1 aromatic heterocycles. The predicted octanol–water partition coefficient (Wildman–Crippen LogP) is 4.14. The summed E-state index contributed by atoms with van der Waals surface area (Å²) in [4.78, 5) is 11.2. The van der Waals surface area contributed by atoms with Gasteiger partial charge < -0.3 is 4.42 Å². The monoisotopic (exact) mass is 280 g/mol. The predicted molar refractivity (Wildman–Crippen MR) is 70.1 cm³/mol. The first-order chi connectivity index (χ1) is 9.34. The van der Waals surface area contributed by atoms with Crippen molar-refractivity contribution >= 4 is 12.2 Å². The highest BCUT2D eigenvalue weighted by atomic mass is 19.4. The molecule has 2 aromatic rings. The van der Waals surface area contributed by atoms with Crippen molar-refractivity contribution in [2.24, 2.45) is 0 Å². The summed E-state index contributed by atoms with van der Waals surface area (Å²) < 4.78 is 42.1. The van der Waals surface area contributed by atoms with Gasteiger partial charge in [-0.05, 0) is 42.3 Å². The first kappa shape index (κ1) is 14.1. The van der Waals surface area contributed by atoms with E-state index in [0.717, 1.165) is 17.7 Å². The molecule has 104 valence electrons. The van der Waals surface area contributed by atoms with Crippen molar-refractivity contribution in [2.75, 3.05) is 0 Å². The van der Waals surface area contributed by atoms with E-state index in [1.165, 1.54) is 24.3 Å². The van der Waals surface area contributed by atoms with E-state index in [9.17, 15) is 18.0 Å². The highest BCUT2D eigenvalue weighted by Gasteiger charge is 2.29. The van der Waals surface area contributed by atoms with Gasteiger partial charge in [-0.1, -0.05) is 18.2 Å². The lowest BCUT2D eigenvalue weighted by Crippen LogP contribution is -2.03. The molecule has 0 unspecified atom stereocenters. The van der Waals surface area contributed by atoms with E-state index in [2.05, 4.69) is 0 Å². The first-order valence-corrected chi connectivity index (χ1v) is 5.82. The summed E-state index contributed by atoms with van der Waals surface area (Å²) in [6, 6.07) is 7.75. The summed E-state index contributed by atoms with van der Waals surface area (Å²) in [5, 5.41) is 0. The third-order valence-corrected chi connectivity index (χ3v) is 2.61. The van der Waals surface area contributed by atoms with Gasteiger partial charge in [0.2, 0.25) is 0 Å². The first-order valence-electron chi connectivity index (χ1n) is 5.82. The molecule has 0 N–H and O–H groups in total. The van der Waals surface area contributed by atoms with Crippen molar-refractivity contribution in [3.05, 3.63) is 69.3 Å². The summed E-state index contributed by atoms with van der Waals surface area (Å²) >= 11 is 0. The summed E-state index contributed by atoms with van der Waals surface area (Å²) in [6.07, 6.45) is -1.22. The molecule has 0 atom stereocenters. The topological polar surface area (TPSA) is 30.2 Å². The molecular formula is C15H11F3O2. The van der Waals surface area contributed by atoms with Gasteiger partial charge in [-0.2, -0.15) is 13.2 Å². The molecule has 0 fully saturated rings. The van der Waals surface area contributed by atoms with Gasteiger partial charge in [0.1, 0.15) is 5.76 Å². The third-order valence-electron chi connectivity index (χ3n) is 2.61. The molecular weight excluding hydrogens is 269 g/mol. The Balaban J connectivity index is 2.21. The Morgan fingerprint density at radius 1 is 1.05 bits per heavy atom. The Hall–Kier alpha value is -2.30. The van der Waals surface area contributed by atoms with Gasteiger partial charge in [-0.15, -0.1) is 0 Å². The Labute approximate surface area is 113 Å². The quantitative estimate of drug-likeness (QED) is 0.827. The average molecular weight is 280 g/mol. The maximum Gasteiger partial charge on any atom is 0.416 e. The van der Waals surface area contributed by atoms with E-state index in [1.807, 2.05) is 0 Å². The van der Waals surface area contributed by atoms with Crippen LogP contribution in [0.25, 0.3) is 12.2 Å². The number of rotatable bonds is 2. The van der Waals surface area contributed by atoms with Crippen molar-refractivity contribution in [1.29, 1.82) is 0 Å². The summed E-state index contributed by atoms with van der Waals surface area (Å²) in [5.74, 6) is 0.356. The number of alkyl halides is 3. The normalized spacial score (nSPS) is 12.0. The van der Waals surface area contributed by atoms with Crippen LogP contribution in [-0.4, -0.2) is 0 Å². The minimum absolute atomic E-state index is 0.356. The smallest absolute Gasteiger partial charge is 0.416 e. The number of halogens is 3. The fourth-order valence-electron chi connectivity index (χ4n) is 1.67. The molecule has 0 saturated heterocycles. The summed E-state index contributed by atoms with van der Waals surface area (Å²) in [7, 11) is 0. The third kappa shape index (κ3) is 3.60. The van der Waals surface area contributed by atoms with Crippen molar-refractivity contribution in [3.8, 4) is 0 Å². The van der Waals surface area contributed by atoms with Gasteiger partial charge in [-0.3, -0.25) is 0 Å². The van der Waals surface area contributed by atoms with Crippen LogP contribution in [0.15, 0.2) is 45.6 Å². The van der Waals surface area contributed by atoms with Crippen LogP contribution in [0.5, 0.6) is 0 Å². The van der Waals surface area contributed by atoms with Crippen LogP contribution in [0.1, 0.15) is 22.5 Å². The molecule has 0 bridgehead atoms. The maximum absolute atomic E-state index is 12.4. The molecule has 0 saturated carbocycles. The molecule has 0 amide bonds. The van der Waals surface area contributed by atoms with Gasteiger partial charge in [-0.25, -0.2) is 4.79 Å².